The van der Waals surface area contributed by atoms with Gasteiger partial charge in [-0.2, -0.15) is 0 Å². The lowest BCUT2D eigenvalue weighted by Crippen LogP contribution is -2.47. The Labute approximate surface area is 389 Å². The standard InChI is InChI=1S/C54H104N2O7/c1-3-5-7-9-11-13-15-17-18-19-20-21-22-23-24-25-26-27-29-31-33-38-42-46-53(60)63-49(43-39-35-32-30-28-16-14-12-10-8-6-4-2)44-40-36-34-37-41-45-51(58)55-47-52(59)56-50(48-57)54(61)62/h49-50,57H,3-48H2,1-2H3,(H,55,58)(H,56,59)(H,61,62). The first-order valence-corrected chi connectivity index (χ1v) is 27.4. The summed E-state index contributed by atoms with van der Waals surface area (Å²) in [5, 5.41) is 22.6. The number of aliphatic hydroxyl groups is 1. The van der Waals surface area contributed by atoms with E-state index < -0.39 is 24.5 Å². The number of aliphatic hydroxyl groups excluding tert-OH is 1. The molecule has 0 saturated heterocycles. The van der Waals surface area contributed by atoms with Crippen molar-refractivity contribution in [2.45, 2.75) is 309 Å². The SMILES string of the molecule is CCCCCCCCCCCCCCCCCCCCCCCCCC(=O)OC(CCCCCCCCCCCCCC)CCCCCCCC(=O)NCC(=O)NC(CO)C(=O)O. The topological polar surface area (TPSA) is 142 Å². The Kier molecular flexibility index (Phi) is 47.6. The molecule has 0 saturated carbocycles. The second-order valence-corrected chi connectivity index (χ2v) is 19.0. The van der Waals surface area contributed by atoms with Crippen molar-refractivity contribution >= 4 is 23.8 Å². The normalized spacial score (nSPS) is 12.3. The van der Waals surface area contributed by atoms with Crippen LogP contribution < -0.4 is 10.6 Å². The maximum atomic E-state index is 12.9. The number of carbonyl (C=O) groups excluding carboxylic acids is 3. The van der Waals surface area contributed by atoms with Gasteiger partial charge in [0.25, 0.3) is 0 Å². The lowest BCUT2D eigenvalue weighted by Gasteiger charge is -2.18. The molecule has 0 aliphatic rings. The molecule has 2 amide bonds. The zero-order chi connectivity index (χ0) is 46.1. The number of hydrogen-bond acceptors (Lipinski definition) is 6. The summed E-state index contributed by atoms with van der Waals surface area (Å²) in [4.78, 5) is 47.8. The van der Waals surface area contributed by atoms with E-state index >= 15 is 0 Å². The van der Waals surface area contributed by atoms with Gasteiger partial charge in [0.1, 0.15) is 12.1 Å². The van der Waals surface area contributed by atoms with E-state index in [1.807, 2.05) is 0 Å². The van der Waals surface area contributed by atoms with Gasteiger partial charge in [-0.1, -0.05) is 245 Å². The van der Waals surface area contributed by atoms with Crippen LogP contribution in [-0.2, 0) is 23.9 Å². The Balaban J connectivity index is 4.12. The summed E-state index contributed by atoms with van der Waals surface area (Å²) in [7, 11) is 0. The molecule has 0 aliphatic heterocycles. The monoisotopic (exact) mass is 893 g/mol. The Hall–Kier alpha value is -2.16. The van der Waals surface area contributed by atoms with Gasteiger partial charge in [0.2, 0.25) is 11.8 Å². The van der Waals surface area contributed by atoms with Gasteiger partial charge in [-0.25, -0.2) is 4.79 Å². The number of ether oxygens (including phenoxy) is 1. The fourth-order valence-corrected chi connectivity index (χ4v) is 8.66. The van der Waals surface area contributed by atoms with E-state index in [-0.39, 0.29) is 24.5 Å². The van der Waals surface area contributed by atoms with Crippen LogP contribution >= 0.6 is 0 Å². The van der Waals surface area contributed by atoms with Crippen LogP contribution in [0.15, 0.2) is 0 Å². The van der Waals surface area contributed by atoms with Crippen LogP contribution in [0.3, 0.4) is 0 Å². The minimum atomic E-state index is -1.38. The summed E-state index contributed by atoms with van der Waals surface area (Å²) < 4.78 is 6.08. The van der Waals surface area contributed by atoms with Gasteiger partial charge in [-0.15, -0.1) is 0 Å². The molecule has 0 aromatic carbocycles. The molecule has 63 heavy (non-hydrogen) atoms. The van der Waals surface area contributed by atoms with E-state index in [0.29, 0.717) is 19.3 Å². The third-order valence-electron chi connectivity index (χ3n) is 12.9. The quantitative estimate of drug-likeness (QED) is 0.0352. The molecule has 0 spiro atoms. The molecule has 372 valence electrons. The molecule has 9 nitrogen and oxygen atoms in total. The van der Waals surface area contributed by atoms with Crippen molar-refractivity contribution in [3.8, 4) is 0 Å². The fourth-order valence-electron chi connectivity index (χ4n) is 8.66. The number of amides is 2. The number of carboxylic acid groups (broad SMARTS) is 1. The van der Waals surface area contributed by atoms with Gasteiger partial charge in [0, 0.05) is 12.8 Å². The van der Waals surface area contributed by atoms with Crippen LogP contribution in [0.4, 0.5) is 0 Å². The summed E-state index contributed by atoms with van der Waals surface area (Å²) in [6, 6.07) is -1.38. The minimum Gasteiger partial charge on any atom is -0.480 e. The maximum absolute atomic E-state index is 12.9. The molecule has 0 radical (unpaired) electrons. The summed E-state index contributed by atoms with van der Waals surface area (Å²) in [5.74, 6) is -2.26. The number of aliphatic carboxylic acids is 1. The van der Waals surface area contributed by atoms with E-state index in [0.717, 1.165) is 57.8 Å². The summed E-state index contributed by atoms with van der Waals surface area (Å²) in [5.41, 5.74) is 0. The van der Waals surface area contributed by atoms with Crippen molar-refractivity contribution in [3.63, 3.8) is 0 Å². The van der Waals surface area contributed by atoms with Gasteiger partial charge in [0.15, 0.2) is 0 Å². The summed E-state index contributed by atoms with van der Waals surface area (Å²) >= 11 is 0. The van der Waals surface area contributed by atoms with E-state index in [1.165, 1.54) is 205 Å². The highest BCUT2D eigenvalue weighted by Gasteiger charge is 2.19. The fraction of sp³-hybridized carbons (Fsp3) is 0.926. The molecule has 0 rings (SSSR count). The lowest BCUT2D eigenvalue weighted by molar-refractivity contribution is -0.150. The van der Waals surface area contributed by atoms with Crippen LogP contribution in [0.1, 0.15) is 296 Å². The first kappa shape index (κ1) is 60.8. The number of carbonyl (C=O) groups is 4. The van der Waals surface area contributed by atoms with Gasteiger partial charge in [0.05, 0.1) is 13.2 Å². The molecule has 2 unspecified atom stereocenters. The molecule has 0 heterocycles. The Morgan fingerprint density at radius 2 is 0.714 bits per heavy atom. The first-order chi connectivity index (χ1) is 30.8. The van der Waals surface area contributed by atoms with E-state index in [1.54, 1.807) is 0 Å². The van der Waals surface area contributed by atoms with Crippen LogP contribution in [-0.4, -0.2) is 59.3 Å². The first-order valence-electron chi connectivity index (χ1n) is 27.4. The zero-order valence-corrected chi connectivity index (χ0v) is 41.6. The number of nitrogens with one attached hydrogen (secondary N) is 2. The van der Waals surface area contributed by atoms with Crippen molar-refractivity contribution in [1.29, 1.82) is 0 Å². The highest BCUT2D eigenvalue weighted by Crippen LogP contribution is 2.20. The van der Waals surface area contributed by atoms with Crippen LogP contribution in [0.2, 0.25) is 0 Å². The predicted octanol–water partition coefficient (Wildman–Crippen LogP) is 14.8. The largest absolute Gasteiger partial charge is 0.480 e. The average Bonchev–Trinajstić information content (AvgIpc) is 3.27. The number of carboxylic acids is 1. The molecular formula is C54H104N2O7. The van der Waals surface area contributed by atoms with E-state index in [9.17, 15) is 19.2 Å². The highest BCUT2D eigenvalue weighted by molar-refractivity contribution is 5.87. The second-order valence-electron chi connectivity index (χ2n) is 19.0. The molecule has 2 atom stereocenters. The molecule has 0 aliphatic carbocycles. The minimum absolute atomic E-state index is 0.00589. The molecule has 9 heteroatoms. The number of rotatable bonds is 51. The summed E-state index contributed by atoms with van der Waals surface area (Å²) in [6.45, 7) is 3.53. The Morgan fingerprint density at radius 1 is 0.413 bits per heavy atom. The van der Waals surface area contributed by atoms with E-state index in [2.05, 4.69) is 24.5 Å². The molecular weight excluding hydrogens is 789 g/mol. The molecule has 4 N–H and O–H groups in total. The third-order valence-corrected chi connectivity index (χ3v) is 12.9. The van der Waals surface area contributed by atoms with Gasteiger partial charge in [-0.3, -0.25) is 14.4 Å². The van der Waals surface area contributed by atoms with Crippen molar-refractivity contribution in [2.75, 3.05) is 13.2 Å². The number of esters is 1. The molecule has 0 aromatic rings. The van der Waals surface area contributed by atoms with E-state index in [4.69, 9.17) is 14.9 Å². The smallest absolute Gasteiger partial charge is 0.328 e. The number of hydrogen-bond donors (Lipinski definition) is 4. The van der Waals surface area contributed by atoms with Crippen LogP contribution in [0, 0.1) is 0 Å². The van der Waals surface area contributed by atoms with Crippen molar-refractivity contribution in [1.82, 2.24) is 10.6 Å². The van der Waals surface area contributed by atoms with Crippen molar-refractivity contribution < 1.29 is 34.1 Å². The van der Waals surface area contributed by atoms with Crippen LogP contribution in [0.25, 0.3) is 0 Å². The van der Waals surface area contributed by atoms with Crippen LogP contribution in [0.5, 0.6) is 0 Å². The Bertz CT molecular complexity index is 1020. The Morgan fingerprint density at radius 3 is 1.03 bits per heavy atom. The lowest BCUT2D eigenvalue weighted by atomic mass is 10.0. The average molecular weight is 893 g/mol. The summed E-state index contributed by atoms with van der Waals surface area (Å²) in [6.07, 6.45) is 54.4. The van der Waals surface area contributed by atoms with Crippen molar-refractivity contribution in [2.24, 2.45) is 0 Å². The van der Waals surface area contributed by atoms with Gasteiger partial charge in [-0.05, 0) is 38.5 Å². The molecule has 0 aromatic heterocycles. The number of unbranched alkanes of at least 4 members (excludes halogenated alkanes) is 37. The predicted molar refractivity (Wildman–Crippen MR) is 264 cm³/mol. The molecule has 0 bridgehead atoms. The zero-order valence-electron chi connectivity index (χ0n) is 41.6. The van der Waals surface area contributed by atoms with Gasteiger partial charge >= 0.3 is 11.9 Å². The molecule has 0 fully saturated rings. The second kappa shape index (κ2) is 49.3. The maximum Gasteiger partial charge on any atom is 0.328 e. The van der Waals surface area contributed by atoms with Gasteiger partial charge < -0.3 is 25.6 Å². The highest BCUT2D eigenvalue weighted by atomic mass is 16.5. The third kappa shape index (κ3) is 46.2. The van der Waals surface area contributed by atoms with Crippen molar-refractivity contribution in [3.05, 3.63) is 0 Å².